The van der Waals surface area contributed by atoms with Crippen LogP contribution in [-0.4, -0.2) is 41.5 Å². The number of nitrogens with one attached hydrogen (secondary N) is 1. The van der Waals surface area contributed by atoms with E-state index in [2.05, 4.69) is 65.2 Å². The molecule has 4 rings (SSSR count). The lowest BCUT2D eigenvalue weighted by Crippen LogP contribution is -2.92. The fraction of sp³-hybridized carbons (Fsp3) is 0.458. The minimum atomic E-state index is -0.0606. The number of H-pyrrole nitrogens is 1. The van der Waals surface area contributed by atoms with Crippen LogP contribution in [-0.2, 0) is 4.79 Å². The third-order valence-electron chi connectivity index (χ3n) is 6.47. The number of nitrogens with zero attached hydrogens (tertiary/aromatic N) is 1. The van der Waals surface area contributed by atoms with Gasteiger partial charge in [-0.1, -0.05) is 43.5 Å². The first kappa shape index (κ1) is 20.2. The van der Waals surface area contributed by atoms with Crippen molar-refractivity contribution in [3.05, 3.63) is 58.4 Å². The number of carbonyl (C=O) groups is 1. The van der Waals surface area contributed by atoms with E-state index in [1.165, 1.54) is 40.6 Å². The van der Waals surface area contributed by atoms with Crippen molar-refractivity contribution >= 4 is 28.1 Å². The number of hydrogen-bond donors (Lipinski definition) is 2. The maximum atomic E-state index is 13.0. The molecule has 1 saturated carbocycles. The lowest BCUT2D eigenvalue weighted by molar-refractivity contribution is -0.675. The average Bonchev–Trinajstić information content (AvgIpc) is 3.44. The number of benzene rings is 1. The van der Waals surface area contributed by atoms with Gasteiger partial charge in [0.15, 0.2) is 6.04 Å². The van der Waals surface area contributed by atoms with Crippen LogP contribution in [0.25, 0.3) is 10.9 Å². The van der Waals surface area contributed by atoms with Crippen molar-refractivity contribution in [3.63, 3.8) is 0 Å². The number of carbonyl (C=O) groups excluding carboxylic acids is 1. The summed E-state index contributed by atoms with van der Waals surface area (Å²) in [7, 11) is 2.00. The van der Waals surface area contributed by atoms with Gasteiger partial charge in [-0.3, -0.25) is 4.79 Å². The molecule has 3 N–H and O–H groups in total. The zero-order valence-electron chi connectivity index (χ0n) is 17.4. The largest absolute Gasteiger partial charge is 0.361 e. The summed E-state index contributed by atoms with van der Waals surface area (Å²) in [5.74, 6) is 0.544. The minimum Gasteiger partial charge on any atom is -0.361 e. The van der Waals surface area contributed by atoms with E-state index >= 15 is 0 Å². The van der Waals surface area contributed by atoms with Crippen LogP contribution < -0.4 is 5.32 Å². The number of aromatic amines is 1. The van der Waals surface area contributed by atoms with E-state index in [4.69, 9.17) is 0 Å². The molecule has 1 fully saturated rings. The Morgan fingerprint density at radius 1 is 1.21 bits per heavy atom. The van der Waals surface area contributed by atoms with Gasteiger partial charge in [-0.15, -0.1) is 11.3 Å². The number of fused-ring (bicyclic) bond motifs is 1. The molecule has 2 aromatic heterocycles. The Kier molecular flexibility index (Phi) is 6.36. The fourth-order valence-corrected chi connectivity index (χ4v) is 5.54. The summed E-state index contributed by atoms with van der Waals surface area (Å²) in [6.07, 6.45) is 8.27. The molecule has 3 aromatic rings. The summed E-state index contributed by atoms with van der Waals surface area (Å²) in [6.45, 7) is 2.93. The third-order valence-corrected chi connectivity index (χ3v) is 7.45. The summed E-state index contributed by atoms with van der Waals surface area (Å²) >= 11 is 1.80. The van der Waals surface area contributed by atoms with Crippen LogP contribution in [0.5, 0.6) is 0 Å². The van der Waals surface area contributed by atoms with Gasteiger partial charge in [-0.25, -0.2) is 0 Å². The summed E-state index contributed by atoms with van der Waals surface area (Å²) in [5.41, 5.74) is 2.49. The van der Waals surface area contributed by atoms with Crippen LogP contribution in [0.1, 0.15) is 55.4 Å². The molecular formula is C24H32N3OS+. The lowest BCUT2D eigenvalue weighted by Gasteiger charge is -2.32. The molecule has 1 aliphatic carbocycles. The van der Waals surface area contributed by atoms with Crippen LogP contribution in [0.15, 0.2) is 48.0 Å². The number of amides is 1. The highest BCUT2D eigenvalue weighted by molar-refractivity contribution is 7.10. The van der Waals surface area contributed by atoms with E-state index in [1.54, 1.807) is 11.3 Å². The van der Waals surface area contributed by atoms with Gasteiger partial charge in [-0.05, 0) is 42.8 Å². The summed E-state index contributed by atoms with van der Waals surface area (Å²) in [4.78, 5) is 19.8. The molecular weight excluding hydrogens is 378 g/mol. The molecule has 2 atom stereocenters. The van der Waals surface area contributed by atoms with E-state index < -0.39 is 0 Å². The standard InChI is InChI=1S/C24H31N3OS/c1-17(24(28)27(2)18-9-4-3-5-10-18)25-16-21(23-13-8-14-29-23)20-15-26-22-12-7-6-11-19(20)22/h6-8,11-15,17-18,21,25-26H,3-5,9-10,16H2,1-2H3/p+1/t17-,21-/m1/s1. The number of nitrogens with two attached hydrogens (primary N) is 1. The van der Waals surface area contributed by atoms with Gasteiger partial charge < -0.3 is 15.2 Å². The number of hydrogen-bond acceptors (Lipinski definition) is 2. The van der Waals surface area contributed by atoms with Gasteiger partial charge in [-0.2, -0.15) is 0 Å². The Balaban J connectivity index is 1.48. The van der Waals surface area contributed by atoms with Crippen molar-refractivity contribution in [2.24, 2.45) is 0 Å². The van der Waals surface area contributed by atoms with Crippen molar-refractivity contribution in [2.75, 3.05) is 13.6 Å². The van der Waals surface area contributed by atoms with Gasteiger partial charge >= 0.3 is 0 Å². The van der Waals surface area contributed by atoms with Gasteiger partial charge in [0.05, 0.1) is 12.5 Å². The van der Waals surface area contributed by atoms with E-state index in [0.29, 0.717) is 6.04 Å². The number of quaternary nitrogens is 1. The van der Waals surface area contributed by atoms with E-state index in [1.807, 2.05) is 11.9 Å². The maximum Gasteiger partial charge on any atom is 0.280 e. The van der Waals surface area contributed by atoms with E-state index in [-0.39, 0.29) is 17.9 Å². The zero-order valence-corrected chi connectivity index (χ0v) is 18.3. The fourth-order valence-electron chi connectivity index (χ4n) is 4.68. The van der Waals surface area contributed by atoms with Gasteiger partial charge in [0.1, 0.15) is 0 Å². The SMILES string of the molecule is C[C@@H]([NH2+]C[C@@H](c1cccs1)c1c[nH]c2ccccc12)C(=O)N(C)C1CCCCC1. The first-order valence-electron chi connectivity index (χ1n) is 10.8. The molecule has 0 radical (unpaired) electrons. The van der Waals surface area contributed by atoms with Gasteiger partial charge in [0, 0.05) is 35.1 Å². The number of thiophene rings is 1. The van der Waals surface area contributed by atoms with E-state index in [9.17, 15) is 4.79 Å². The quantitative estimate of drug-likeness (QED) is 0.605. The molecule has 2 heterocycles. The highest BCUT2D eigenvalue weighted by Gasteiger charge is 2.29. The molecule has 4 nitrogen and oxygen atoms in total. The first-order chi connectivity index (χ1) is 14.1. The first-order valence-corrected chi connectivity index (χ1v) is 11.7. The lowest BCUT2D eigenvalue weighted by atomic mass is 9.94. The Bertz CT molecular complexity index is 927. The maximum absolute atomic E-state index is 13.0. The van der Waals surface area contributed by atoms with Crippen LogP contribution >= 0.6 is 11.3 Å². The molecule has 0 aliphatic heterocycles. The molecule has 0 spiro atoms. The van der Waals surface area contributed by atoms with Gasteiger partial charge in [0.25, 0.3) is 5.91 Å². The van der Waals surface area contributed by atoms with Crippen molar-refractivity contribution in [2.45, 2.75) is 57.0 Å². The Labute approximate surface area is 177 Å². The molecule has 0 saturated heterocycles. The van der Waals surface area contributed by atoms with Crippen LogP contribution in [0.2, 0.25) is 0 Å². The molecule has 0 unspecified atom stereocenters. The van der Waals surface area contributed by atoms with E-state index in [0.717, 1.165) is 19.4 Å². The second-order valence-electron chi connectivity index (χ2n) is 8.36. The number of likely N-dealkylation sites (N-methyl/N-ethyl adjacent to an activating group) is 1. The Hall–Kier alpha value is -2.11. The monoisotopic (exact) mass is 410 g/mol. The van der Waals surface area contributed by atoms with Crippen LogP contribution in [0, 0.1) is 0 Å². The second-order valence-corrected chi connectivity index (χ2v) is 9.34. The summed E-state index contributed by atoms with van der Waals surface area (Å²) < 4.78 is 0. The van der Waals surface area contributed by atoms with Crippen molar-refractivity contribution in [1.29, 1.82) is 0 Å². The second kappa shape index (κ2) is 9.14. The summed E-state index contributed by atoms with van der Waals surface area (Å²) in [6, 6.07) is 13.2. The number of para-hydroxylation sites is 1. The molecule has 154 valence electrons. The highest BCUT2D eigenvalue weighted by Crippen LogP contribution is 2.32. The number of aromatic nitrogens is 1. The highest BCUT2D eigenvalue weighted by atomic mass is 32.1. The van der Waals surface area contributed by atoms with Crippen molar-refractivity contribution in [3.8, 4) is 0 Å². The Morgan fingerprint density at radius 3 is 2.76 bits per heavy atom. The molecule has 5 heteroatoms. The zero-order chi connectivity index (χ0) is 20.2. The molecule has 0 bridgehead atoms. The predicted octanol–water partition coefficient (Wildman–Crippen LogP) is 4.10. The normalized spacial score (nSPS) is 17.3. The minimum absolute atomic E-state index is 0.0606. The molecule has 1 amide bonds. The summed E-state index contributed by atoms with van der Waals surface area (Å²) in [5, 5.41) is 5.65. The van der Waals surface area contributed by atoms with Gasteiger partial charge in [0.2, 0.25) is 0 Å². The smallest absolute Gasteiger partial charge is 0.280 e. The average molecular weight is 411 g/mol. The molecule has 1 aliphatic rings. The third kappa shape index (κ3) is 4.41. The molecule has 29 heavy (non-hydrogen) atoms. The number of rotatable bonds is 7. The predicted molar refractivity (Wildman–Crippen MR) is 120 cm³/mol. The van der Waals surface area contributed by atoms with Crippen LogP contribution in [0.4, 0.5) is 0 Å². The Morgan fingerprint density at radius 2 is 2.00 bits per heavy atom. The van der Waals surface area contributed by atoms with Crippen LogP contribution in [0.3, 0.4) is 0 Å². The van der Waals surface area contributed by atoms with Crippen molar-refractivity contribution in [1.82, 2.24) is 9.88 Å². The van der Waals surface area contributed by atoms with Crippen molar-refractivity contribution < 1.29 is 10.1 Å². The molecule has 1 aromatic carbocycles. The topological polar surface area (TPSA) is 52.7 Å².